The Morgan fingerprint density at radius 3 is 2.90 bits per heavy atom. The van der Waals surface area contributed by atoms with E-state index in [1.165, 1.54) is 6.07 Å². The first-order chi connectivity index (χ1) is 10.1. The van der Waals surface area contributed by atoms with Crippen molar-refractivity contribution in [2.45, 2.75) is 19.5 Å². The Bertz CT molecular complexity index is 758. The summed E-state index contributed by atoms with van der Waals surface area (Å²) in [6, 6.07) is 11.1. The van der Waals surface area contributed by atoms with Gasteiger partial charge in [0.25, 0.3) is 0 Å². The second kappa shape index (κ2) is 5.46. The van der Waals surface area contributed by atoms with Crippen molar-refractivity contribution in [3.63, 3.8) is 0 Å². The van der Waals surface area contributed by atoms with E-state index in [0.717, 1.165) is 16.7 Å². The third kappa shape index (κ3) is 2.83. The smallest absolute Gasteiger partial charge is 0.371 e. The monoisotopic (exact) mass is 285 g/mol. The van der Waals surface area contributed by atoms with Crippen LogP contribution in [-0.2, 0) is 6.54 Å². The number of fused-ring (bicyclic) bond motifs is 1. The van der Waals surface area contributed by atoms with E-state index < -0.39 is 5.97 Å². The standard InChI is InChI=1S/C16H15NO4/c1-10(13-3-2-6-20-13)17-9-11-4-5-14-12(7-11)8-15(21-14)16(18)19/h2-8,10,17H,9H2,1H3,(H,18,19)/t10-/m1/s1. The van der Waals surface area contributed by atoms with E-state index in [1.54, 1.807) is 12.3 Å². The van der Waals surface area contributed by atoms with Crippen molar-refractivity contribution in [3.8, 4) is 0 Å². The summed E-state index contributed by atoms with van der Waals surface area (Å²) in [6.07, 6.45) is 1.65. The van der Waals surface area contributed by atoms with Crippen molar-refractivity contribution in [2.75, 3.05) is 0 Å². The minimum Gasteiger partial charge on any atom is -0.475 e. The van der Waals surface area contributed by atoms with Crippen LogP contribution in [-0.4, -0.2) is 11.1 Å². The second-order valence-electron chi connectivity index (χ2n) is 4.91. The number of carboxylic acid groups (broad SMARTS) is 1. The Kier molecular flexibility index (Phi) is 3.50. The number of hydrogen-bond acceptors (Lipinski definition) is 4. The lowest BCUT2D eigenvalue weighted by Crippen LogP contribution is -2.17. The fourth-order valence-electron chi connectivity index (χ4n) is 2.22. The topological polar surface area (TPSA) is 75.6 Å². The largest absolute Gasteiger partial charge is 0.475 e. The van der Waals surface area contributed by atoms with Gasteiger partial charge in [-0.1, -0.05) is 6.07 Å². The lowest BCUT2D eigenvalue weighted by atomic mass is 10.1. The third-order valence-electron chi connectivity index (χ3n) is 3.37. The first-order valence-electron chi connectivity index (χ1n) is 6.66. The molecule has 3 aromatic rings. The summed E-state index contributed by atoms with van der Waals surface area (Å²) in [4.78, 5) is 10.9. The molecule has 1 aromatic carbocycles. The molecule has 1 atom stereocenters. The zero-order chi connectivity index (χ0) is 14.8. The number of benzene rings is 1. The molecule has 0 radical (unpaired) electrons. The molecule has 0 unspecified atom stereocenters. The van der Waals surface area contributed by atoms with E-state index in [2.05, 4.69) is 5.32 Å². The third-order valence-corrected chi connectivity index (χ3v) is 3.37. The lowest BCUT2D eigenvalue weighted by molar-refractivity contribution is 0.0665. The van der Waals surface area contributed by atoms with Crippen LogP contribution in [0, 0.1) is 0 Å². The van der Waals surface area contributed by atoms with E-state index >= 15 is 0 Å². The maximum atomic E-state index is 10.9. The predicted molar refractivity (Wildman–Crippen MR) is 77.1 cm³/mol. The molecule has 0 saturated carbocycles. The van der Waals surface area contributed by atoms with Crippen LogP contribution in [0.15, 0.2) is 51.5 Å². The second-order valence-corrected chi connectivity index (χ2v) is 4.91. The van der Waals surface area contributed by atoms with Crippen LogP contribution < -0.4 is 5.32 Å². The molecular weight excluding hydrogens is 270 g/mol. The summed E-state index contributed by atoms with van der Waals surface area (Å²) in [5.74, 6) is -0.219. The first-order valence-corrected chi connectivity index (χ1v) is 6.66. The van der Waals surface area contributed by atoms with Gasteiger partial charge in [-0.2, -0.15) is 0 Å². The van der Waals surface area contributed by atoms with Crippen molar-refractivity contribution in [1.82, 2.24) is 5.32 Å². The minimum atomic E-state index is -1.06. The summed E-state index contributed by atoms with van der Waals surface area (Å²) in [5.41, 5.74) is 1.63. The van der Waals surface area contributed by atoms with Crippen LogP contribution in [0.3, 0.4) is 0 Å². The quantitative estimate of drug-likeness (QED) is 0.749. The van der Waals surface area contributed by atoms with Gasteiger partial charge in [0.2, 0.25) is 5.76 Å². The molecule has 2 heterocycles. The van der Waals surface area contributed by atoms with Crippen LogP contribution in [0.4, 0.5) is 0 Å². The van der Waals surface area contributed by atoms with E-state index in [-0.39, 0.29) is 11.8 Å². The van der Waals surface area contributed by atoms with Crippen LogP contribution in [0.2, 0.25) is 0 Å². The number of furan rings is 2. The number of hydrogen-bond donors (Lipinski definition) is 2. The van der Waals surface area contributed by atoms with Gasteiger partial charge in [-0.15, -0.1) is 0 Å². The number of aromatic carboxylic acids is 1. The highest BCUT2D eigenvalue weighted by Crippen LogP contribution is 2.21. The summed E-state index contributed by atoms with van der Waals surface area (Å²) in [5, 5.41) is 13.1. The summed E-state index contributed by atoms with van der Waals surface area (Å²) in [7, 11) is 0. The molecular formula is C16H15NO4. The lowest BCUT2D eigenvalue weighted by Gasteiger charge is -2.11. The molecule has 0 aliphatic carbocycles. The van der Waals surface area contributed by atoms with Gasteiger partial charge in [-0.05, 0) is 42.8 Å². The Morgan fingerprint density at radius 1 is 1.33 bits per heavy atom. The average molecular weight is 285 g/mol. The van der Waals surface area contributed by atoms with Crippen molar-refractivity contribution in [2.24, 2.45) is 0 Å². The Hall–Kier alpha value is -2.53. The van der Waals surface area contributed by atoms with Crippen molar-refractivity contribution in [1.29, 1.82) is 0 Å². The van der Waals surface area contributed by atoms with E-state index in [9.17, 15) is 4.79 Å². The summed E-state index contributed by atoms with van der Waals surface area (Å²) in [6.45, 7) is 2.68. The van der Waals surface area contributed by atoms with Crippen molar-refractivity contribution < 1.29 is 18.7 Å². The summed E-state index contributed by atoms with van der Waals surface area (Å²) < 4.78 is 10.6. The maximum absolute atomic E-state index is 10.9. The molecule has 0 spiro atoms. The molecule has 21 heavy (non-hydrogen) atoms. The molecule has 108 valence electrons. The zero-order valence-electron chi connectivity index (χ0n) is 11.5. The average Bonchev–Trinajstić information content (AvgIpc) is 3.13. The van der Waals surface area contributed by atoms with E-state index in [1.807, 2.05) is 31.2 Å². The van der Waals surface area contributed by atoms with Gasteiger partial charge in [0.1, 0.15) is 11.3 Å². The van der Waals surface area contributed by atoms with E-state index in [0.29, 0.717) is 12.1 Å². The number of nitrogens with one attached hydrogen (secondary N) is 1. The Labute approximate surface area is 121 Å². The fraction of sp³-hybridized carbons (Fsp3) is 0.188. The van der Waals surface area contributed by atoms with Gasteiger partial charge in [-0.25, -0.2) is 4.79 Å². The van der Waals surface area contributed by atoms with E-state index in [4.69, 9.17) is 13.9 Å². The first kappa shape index (κ1) is 13.5. The zero-order valence-corrected chi connectivity index (χ0v) is 11.5. The Morgan fingerprint density at radius 2 is 2.19 bits per heavy atom. The predicted octanol–water partition coefficient (Wildman–Crippen LogP) is 3.57. The van der Waals surface area contributed by atoms with Crippen LogP contribution in [0.5, 0.6) is 0 Å². The summed E-state index contributed by atoms with van der Waals surface area (Å²) >= 11 is 0. The van der Waals surface area contributed by atoms with Gasteiger partial charge in [-0.3, -0.25) is 0 Å². The number of carbonyl (C=O) groups is 1. The molecule has 0 saturated heterocycles. The van der Waals surface area contributed by atoms with Gasteiger partial charge in [0, 0.05) is 11.9 Å². The molecule has 3 rings (SSSR count). The van der Waals surface area contributed by atoms with Crippen LogP contribution in [0.25, 0.3) is 11.0 Å². The molecule has 0 fully saturated rings. The van der Waals surface area contributed by atoms with Gasteiger partial charge in [0.15, 0.2) is 0 Å². The van der Waals surface area contributed by atoms with Crippen molar-refractivity contribution >= 4 is 16.9 Å². The molecule has 5 heteroatoms. The van der Waals surface area contributed by atoms with Gasteiger partial charge >= 0.3 is 5.97 Å². The molecule has 0 bridgehead atoms. The highest BCUT2D eigenvalue weighted by atomic mass is 16.4. The van der Waals surface area contributed by atoms with Crippen LogP contribution in [0.1, 0.15) is 34.8 Å². The molecule has 2 aromatic heterocycles. The van der Waals surface area contributed by atoms with Gasteiger partial charge in [0.05, 0.1) is 12.3 Å². The fourth-order valence-corrected chi connectivity index (χ4v) is 2.22. The Balaban J connectivity index is 1.73. The molecule has 0 aliphatic rings. The number of carboxylic acids is 1. The normalized spacial score (nSPS) is 12.6. The number of rotatable bonds is 5. The molecule has 0 aliphatic heterocycles. The maximum Gasteiger partial charge on any atom is 0.371 e. The van der Waals surface area contributed by atoms with Crippen molar-refractivity contribution in [3.05, 3.63) is 59.7 Å². The SMILES string of the molecule is C[C@@H](NCc1ccc2oc(C(=O)O)cc2c1)c1ccco1. The highest BCUT2D eigenvalue weighted by molar-refractivity contribution is 5.91. The molecule has 5 nitrogen and oxygen atoms in total. The molecule has 0 amide bonds. The molecule has 2 N–H and O–H groups in total. The van der Waals surface area contributed by atoms with Crippen LogP contribution >= 0.6 is 0 Å². The minimum absolute atomic E-state index is 0.0425. The highest BCUT2D eigenvalue weighted by Gasteiger charge is 2.11. The van der Waals surface area contributed by atoms with Gasteiger partial charge < -0.3 is 19.3 Å².